The second-order valence-electron chi connectivity index (χ2n) is 5.32. The molecule has 0 saturated carbocycles. The minimum absolute atomic E-state index is 0. The maximum absolute atomic E-state index is 5.56. The van der Waals surface area contributed by atoms with E-state index >= 15 is 0 Å². The Kier molecular flexibility index (Phi) is 6.32. The first kappa shape index (κ1) is 17.2. The van der Waals surface area contributed by atoms with Gasteiger partial charge in [0, 0.05) is 18.8 Å². The van der Waals surface area contributed by atoms with E-state index in [9.17, 15) is 0 Å². The zero-order valence-corrected chi connectivity index (χ0v) is 13.7. The van der Waals surface area contributed by atoms with Crippen LogP contribution in [0.4, 0.5) is 0 Å². The van der Waals surface area contributed by atoms with Crippen LogP contribution in [0.25, 0.3) is 0 Å². The molecule has 2 aromatic carbocycles. The van der Waals surface area contributed by atoms with Crippen molar-refractivity contribution in [3.05, 3.63) is 83.4 Å². The molecule has 0 aliphatic carbocycles. The molecule has 0 aliphatic rings. The second kappa shape index (κ2) is 8.46. The highest BCUT2D eigenvalue weighted by molar-refractivity contribution is 5.85. The highest BCUT2D eigenvalue weighted by Crippen LogP contribution is 2.27. The zero-order valence-electron chi connectivity index (χ0n) is 12.9. The van der Waals surface area contributed by atoms with Gasteiger partial charge < -0.3 is 5.73 Å². The first-order chi connectivity index (χ1) is 10.9. The lowest BCUT2D eigenvalue weighted by Crippen LogP contribution is -2.07. The Bertz CT molecular complexity index is 658. The summed E-state index contributed by atoms with van der Waals surface area (Å²) in [5.74, 6) is 1.96. The molecule has 0 amide bonds. The molecule has 3 aromatic rings. The maximum Gasteiger partial charge on any atom is 0.151 e. The molecule has 0 radical (unpaired) electrons. The summed E-state index contributed by atoms with van der Waals surface area (Å²) in [7, 11) is 0. The van der Waals surface area contributed by atoms with Gasteiger partial charge in [-0.3, -0.25) is 5.10 Å². The number of aromatic nitrogens is 3. The fraction of sp³-hybridized carbons (Fsp3) is 0.222. The minimum Gasteiger partial charge on any atom is -0.330 e. The van der Waals surface area contributed by atoms with Gasteiger partial charge in [-0.15, -0.1) is 12.4 Å². The number of nitrogens with two attached hydrogens (primary N) is 1. The van der Waals surface area contributed by atoms with Crippen molar-refractivity contribution in [3.8, 4) is 0 Å². The Morgan fingerprint density at radius 3 is 2.00 bits per heavy atom. The van der Waals surface area contributed by atoms with Gasteiger partial charge in [0.25, 0.3) is 0 Å². The number of hydrogen-bond donors (Lipinski definition) is 2. The van der Waals surface area contributed by atoms with Gasteiger partial charge in [-0.25, -0.2) is 4.98 Å². The Morgan fingerprint density at radius 1 is 0.913 bits per heavy atom. The fourth-order valence-electron chi connectivity index (χ4n) is 2.66. The topological polar surface area (TPSA) is 67.6 Å². The molecule has 3 N–H and O–H groups in total. The fourth-order valence-corrected chi connectivity index (χ4v) is 2.66. The monoisotopic (exact) mass is 328 g/mol. The summed E-state index contributed by atoms with van der Waals surface area (Å²) in [6.45, 7) is 0.568. The maximum atomic E-state index is 5.56. The smallest absolute Gasteiger partial charge is 0.151 e. The Morgan fingerprint density at radius 2 is 1.48 bits per heavy atom. The molecule has 3 rings (SSSR count). The van der Waals surface area contributed by atoms with Gasteiger partial charge in [-0.05, 0) is 17.7 Å². The lowest BCUT2D eigenvalue weighted by Gasteiger charge is -2.16. The van der Waals surface area contributed by atoms with E-state index in [0.29, 0.717) is 13.0 Å². The van der Waals surface area contributed by atoms with Crippen molar-refractivity contribution >= 4 is 12.4 Å². The molecular weight excluding hydrogens is 308 g/mol. The first-order valence-electron chi connectivity index (χ1n) is 7.57. The highest BCUT2D eigenvalue weighted by Gasteiger charge is 2.16. The van der Waals surface area contributed by atoms with Crippen molar-refractivity contribution in [3.63, 3.8) is 0 Å². The van der Waals surface area contributed by atoms with E-state index in [1.54, 1.807) is 0 Å². The Balaban J connectivity index is 0.00000192. The van der Waals surface area contributed by atoms with E-state index in [-0.39, 0.29) is 18.3 Å². The molecule has 0 unspecified atom stereocenters. The van der Waals surface area contributed by atoms with Gasteiger partial charge in [0.15, 0.2) is 5.82 Å². The number of nitrogens with one attached hydrogen (secondary N) is 1. The number of aromatic amines is 1. The molecule has 0 saturated heterocycles. The summed E-state index contributed by atoms with van der Waals surface area (Å²) in [5, 5.41) is 7.27. The molecule has 5 heteroatoms. The molecule has 120 valence electrons. The molecule has 1 aromatic heterocycles. The summed E-state index contributed by atoms with van der Waals surface area (Å²) < 4.78 is 0. The summed E-state index contributed by atoms with van der Waals surface area (Å²) >= 11 is 0. The second-order valence-corrected chi connectivity index (χ2v) is 5.32. The number of benzene rings is 2. The van der Waals surface area contributed by atoms with Crippen LogP contribution in [-0.4, -0.2) is 21.7 Å². The van der Waals surface area contributed by atoms with Crippen LogP contribution in [-0.2, 0) is 12.8 Å². The zero-order chi connectivity index (χ0) is 15.2. The predicted molar refractivity (Wildman–Crippen MR) is 94.8 cm³/mol. The molecule has 4 nitrogen and oxygen atoms in total. The number of rotatable bonds is 6. The molecule has 0 atom stereocenters. The Hall–Kier alpha value is -2.17. The molecule has 0 fully saturated rings. The van der Waals surface area contributed by atoms with Crippen LogP contribution in [0.5, 0.6) is 0 Å². The summed E-state index contributed by atoms with van der Waals surface area (Å²) in [5.41, 5.74) is 8.12. The average Bonchev–Trinajstić information content (AvgIpc) is 3.02. The number of hydrogen-bond acceptors (Lipinski definition) is 3. The normalized spacial score (nSPS) is 10.5. The van der Waals surface area contributed by atoms with Gasteiger partial charge in [-0.2, -0.15) is 5.10 Å². The Labute approximate surface area is 142 Å². The van der Waals surface area contributed by atoms with Crippen LogP contribution < -0.4 is 5.73 Å². The van der Waals surface area contributed by atoms with Gasteiger partial charge in [0.1, 0.15) is 5.82 Å². The lowest BCUT2D eigenvalue weighted by molar-refractivity contribution is 0.757. The third kappa shape index (κ3) is 4.41. The predicted octanol–water partition coefficient (Wildman–Crippen LogP) is 3.10. The molecular formula is C18H21ClN4. The number of nitrogens with zero attached hydrogens (tertiary/aromatic N) is 2. The van der Waals surface area contributed by atoms with Crippen molar-refractivity contribution < 1.29 is 0 Å². The van der Waals surface area contributed by atoms with Crippen LogP contribution in [0.1, 0.15) is 28.7 Å². The third-order valence-corrected chi connectivity index (χ3v) is 3.75. The van der Waals surface area contributed by atoms with E-state index in [1.807, 2.05) is 12.1 Å². The SMILES string of the molecule is Cl.NCCc1n[nH]c(CC(c2ccccc2)c2ccccc2)n1. The standard InChI is InChI=1S/C18H20N4.ClH/c19-12-11-17-20-18(22-21-17)13-16(14-7-3-1-4-8-14)15-9-5-2-6-10-15;/h1-10,16H,11-13,19H2,(H,20,21,22);1H. The van der Waals surface area contributed by atoms with E-state index in [2.05, 4.69) is 63.7 Å². The van der Waals surface area contributed by atoms with Gasteiger partial charge in [0.05, 0.1) is 0 Å². The third-order valence-electron chi connectivity index (χ3n) is 3.75. The van der Waals surface area contributed by atoms with Gasteiger partial charge in [-0.1, -0.05) is 60.7 Å². The van der Waals surface area contributed by atoms with Gasteiger partial charge in [0.2, 0.25) is 0 Å². The minimum atomic E-state index is 0. The van der Waals surface area contributed by atoms with Gasteiger partial charge >= 0.3 is 0 Å². The van der Waals surface area contributed by atoms with Crippen LogP contribution in [0.2, 0.25) is 0 Å². The summed E-state index contributed by atoms with van der Waals surface area (Å²) in [6.07, 6.45) is 1.50. The van der Waals surface area contributed by atoms with E-state index in [1.165, 1.54) is 11.1 Å². The van der Waals surface area contributed by atoms with Crippen molar-refractivity contribution in [1.82, 2.24) is 15.2 Å². The molecule has 0 spiro atoms. The highest BCUT2D eigenvalue weighted by atomic mass is 35.5. The van der Waals surface area contributed by atoms with Crippen molar-refractivity contribution in [1.29, 1.82) is 0 Å². The lowest BCUT2D eigenvalue weighted by atomic mass is 9.88. The van der Waals surface area contributed by atoms with E-state index < -0.39 is 0 Å². The number of H-pyrrole nitrogens is 1. The van der Waals surface area contributed by atoms with Crippen LogP contribution in [0, 0.1) is 0 Å². The van der Waals surface area contributed by atoms with E-state index in [4.69, 9.17) is 5.73 Å². The first-order valence-corrected chi connectivity index (χ1v) is 7.57. The van der Waals surface area contributed by atoms with Crippen LogP contribution in [0.3, 0.4) is 0 Å². The van der Waals surface area contributed by atoms with Crippen molar-refractivity contribution in [2.24, 2.45) is 5.73 Å². The molecule has 0 bridgehead atoms. The molecule has 23 heavy (non-hydrogen) atoms. The summed E-state index contributed by atoms with van der Waals surface area (Å²) in [4.78, 5) is 4.54. The van der Waals surface area contributed by atoms with Crippen LogP contribution >= 0.6 is 12.4 Å². The quantitative estimate of drug-likeness (QED) is 0.730. The average molecular weight is 329 g/mol. The van der Waals surface area contributed by atoms with Crippen LogP contribution in [0.15, 0.2) is 60.7 Å². The summed E-state index contributed by atoms with van der Waals surface area (Å²) in [6, 6.07) is 21.0. The van der Waals surface area contributed by atoms with Crippen molar-refractivity contribution in [2.45, 2.75) is 18.8 Å². The molecule has 0 aliphatic heterocycles. The van der Waals surface area contributed by atoms with E-state index in [0.717, 1.165) is 18.1 Å². The molecule has 1 heterocycles. The number of halogens is 1. The van der Waals surface area contributed by atoms with Crippen molar-refractivity contribution in [2.75, 3.05) is 6.54 Å². The largest absolute Gasteiger partial charge is 0.330 e.